The molecule has 4 rings (SSSR count). The number of aromatic nitrogens is 2. The van der Waals surface area contributed by atoms with Crippen LogP contribution in [-0.4, -0.2) is 28.4 Å². The van der Waals surface area contributed by atoms with Gasteiger partial charge in [0.05, 0.1) is 22.3 Å². The fourth-order valence-electron chi connectivity index (χ4n) is 4.30. The number of fused-ring (bicyclic) bond motifs is 2. The number of nitrogens with zero attached hydrogens (tertiary/aromatic N) is 2. The molecule has 0 spiro atoms. The minimum atomic E-state index is -0.551. The Morgan fingerprint density at radius 3 is 2.79 bits per heavy atom. The molecule has 1 amide bonds. The molecule has 0 aromatic carbocycles. The Kier molecular flexibility index (Phi) is 3.81. The van der Waals surface area contributed by atoms with Gasteiger partial charge in [-0.25, -0.2) is 4.98 Å². The first-order valence-corrected chi connectivity index (χ1v) is 8.98. The van der Waals surface area contributed by atoms with Crippen molar-refractivity contribution < 1.29 is 4.79 Å². The zero-order valence-electron chi connectivity index (χ0n) is 14.1. The van der Waals surface area contributed by atoms with Gasteiger partial charge in [0, 0.05) is 12.1 Å². The quantitative estimate of drug-likeness (QED) is 0.898. The molecule has 0 radical (unpaired) electrons. The molecule has 24 heavy (non-hydrogen) atoms. The largest absolute Gasteiger partial charge is 0.344 e. The highest BCUT2D eigenvalue weighted by atomic mass is 35.5. The summed E-state index contributed by atoms with van der Waals surface area (Å²) in [7, 11) is 0. The van der Waals surface area contributed by atoms with Gasteiger partial charge >= 0.3 is 0 Å². The van der Waals surface area contributed by atoms with Crippen LogP contribution in [0.4, 0.5) is 0 Å². The van der Waals surface area contributed by atoms with Gasteiger partial charge in [0.2, 0.25) is 5.91 Å². The van der Waals surface area contributed by atoms with Gasteiger partial charge in [0.1, 0.15) is 5.82 Å². The van der Waals surface area contributed by atoms with Gasteiger partial charge in [-0.05, 0) is 63.7 Å². The number of hydrogen-bond donors (Lipinski definition) is 2. The molecule has 2 unspecified atom stereocenters. The highest BCUT2D eigenvalue weighted by molar-refractivity contribution is 6.33. The zero-order valence-corrected chi connectivity index (χ0v) is 14.8. The number of nitrogens with one attached hydrogen (secondary N) is 2. The Morgan fingerprint density at radius 1 is 1.38 bits per heavy atom. The number of carbonyl (C=O) groups excluding carboxylic acids is 1. The predicted octanol–water partition coefficient (Wildman–Crippen LogP) is 2.58. The second kappa shape index (κ2) is 5.74. The number of hydrogen-bond acceptors (Lipinski definition) is 3. The van der Waals surface area contributed by atoms with Gasteiger partial charge < -0.3 is 15.0 Å². The van der Waals surface area contributed by atoms with Crippen LogP contribution in [0.1, 0.15) is 32.5 Å². The van der Waals surface area contributed by atoms with Crippen molar-refractivity contribution in [3.8, 4) is 0 Å². The maximum atomic E-state index is 12.8. The number of amides is 1. The van der Waals surface area contributed by atoms with Crippen LogP contribution < -0.4 is 10.6 Å². The lowest BCUT2D eigenvalue weighted by molar-refractivity contribution is -0.126. The fourth-order valence-corrected chi connectivity index (χ4v) is 4.51. The molecule has 3 heterocycles. The van der Waals surface area contributed by atoms with Gasteiger partial charge in [0.15, 0.2) is 0 Å². The van der Waals surface area contributed by atoms with Crippen molar-refractivity contribution in [2.75, 3.05) is 13.1 Å². The number of halogens is 1. The van der Waals surface area contributed by atoms with Crippen molar-refractivity contribution in [1.82, 2.24) is 20.0 Å². The molecule has 2 aromatic rings. The van der Waals surface area contributed by atoms with Gasteiger partial charge in [-0.1, -0.05) is 11.6 Å². The van der Waals surface area contributed by atoms with Gasteiger partial charge in [0.25, 0.3) is 0 Å². The Balaban J connectivity index is 1.54. The lowest BCUT2D eigenvalue weighted by Gasteiger charge is -2.27. The molecule has 128 valence electrons. The number of carbonyl (C=O) groups is 1. The molecule has 0 bridgehead atoms. The Hall–Kier alpha value is -1.59. The second-order valence-corrected chi connectivity index (χ2v) is 8.06. The molecule has 2 N–H and O–H groups in total. The summed E-state index contributed by atoms with van der Waals surface area (Å²) in [6.07, 6.45) is 5.68. The molecule has 2 aromatic heterocycles. The number of imidazole rings is 1. The first-order chi connectivity index (χ1) is 11.5. The third-order valence-electron chi connectivity index (χ3n) is 5.54. The average molecular weight is 347 g/mol. The lowest BCUT2D eigenvalue weighted by Crippen LogP contribution is -2.45. The van der Waals surface area contributed by atoms with Gasteiger partial charge in [-0.15, -0.1) is 0 Å². The Labute approximate surface area is 146 Å². The summed E-state index contributed by atoms with van der Waals surface area (Å²) < 4.78 is 1.95. The number of pyridine rings is 1. The van der Waals surface area contributed by atoms with Crippen molar-refractivity contribution >= 4 is 23.0 Å². The molecule has 1 aliphatic heterocycles. The van der Waals surface area contributed by atoms with Crippen LogP contribution in [0, 0.1) is 17.8 Å². The summed E-state index contributed by atoms with van der Waals surface area (Å²) in [6, 6.07) is 3.74. The highest BCUT2D eigenvalue weighted by Gasteiger charge is 2.41. The SMILES string of the molecule is CC(C)(NC(=O)C1CC2CNCC2C1)c1ncc2c(Cl)cccn12. The lowest BCUT2D eigenvalue weighted by atomic mass is 9.99. The van der Waals surface area contributed by atoms with E-state index in [2.05, 4.69) is 15.6 Å². The van der Waals surface area contributed by atoms with E-state index in [-0.39, 0.29) is 11.8 Å². The summed E-state index contributed by atoms with van der Waals surface area (Å²) in [4.78, 5) is 17.3. The first-order valence-electron chi connectivity index (χ1n) is 8.60. The molecule has 5 nitrogen and oxygen atoms in total. The molecule has 1 aliphatic carbocycles. The third-order valence-corrected chi connectivity index (χ3v) is 5.86. The molecule has 2 fully saturated rings. The summed E-state index contributed by atoms with van der Waals surface area (Å²) in [5.41, 5.74) is 0.308. The highest BCUT2D eigenvalue weighted by Crippen LogP contribution is 2.39. The minimum absolute atomic E-state index is 0.121. The molecule has 1 saturated heterocycles. The monoisotopic (exact) mass is 346 g/mol. The van der Waals surface area contributed by atoms with Crippen LogP contribution in [0.25, 0.3) is 5.52 Å². The van der Waals surface area contributed by atoms with E-state index in [4.69, 9.17) is 11.6 Å². The maximum Gasteiger partial charge on any atom is 0.223 e. The van der Waals surface area contributed by atoms with E-state index in [1.807, 2.05) is 36.6 Å². The topological polar surface area (TPSA) is 58.4 Å². The molecule has 2 atom stereocenters. The van der Waals surface area contributed by atoms with Crippen LogP contribution in [0.15, 0.2) is 24.5 Å². The summed E-state index contributed by atoms with van der Waals surface area (Å²) in [5, 5.41) is 7.30. The van der Waals surface area contributed by atoms with E-state index in [1.54, 1.807) is 6.20 Å². The second-order valence-electron chi connectivity index (χ2n) is 7.65. The molecule has 2 aliphatic rings. The van der Waals surface area contributed by atoms with Crippen molar-refractivity contribution in [3.63, 3.8) is 0 Å². The van der Waals surface area contributed by atoms with Crippen LogP contribution in [-0.2, 0) is 10.3 Å². The first kappa shape index (κ1) is 15.9. The third kappa shape index (κ3) is 2.60. The van der Waals surface area contributed by atoms with E-state index < -0.39 is 5.54 Å². The van der Waals surface area contributed by atoms with Crippen molar-refractivity contribution in [1.29, 1.82) is 0 Å². The Morgan fingerprint density at radius 2 is 2.08 bits per heavy atom. The average Bonchev–Trinajstić information content (AvgIpc) is 3.21. The molecule has 6 heteroatoms. The van der Waals surface area contributed by atoms with Crippen LogP contribution in [0.5, 0.6) is 0 Å². The van der Waals surface area contributed by atoms with E-state index in [9.17, 15) is 4.79 Å². The van der Waals surface area contributed by atoms with Gasteiger partial charge in [-0.2, -0.15) is 0 Å². The van der Waals surface area contributed by atoms with Crippen LogP contribution in [0.3, 0.4) is 0 Å². The maximum absolute atomic E-state index is 12.8. The number of rotatable bonds is 3. The standard InChI is InChI=1S/C18H23ClN4O/c1-18(2,17-21-10-15-14(19)4-3-5-23(15)17)22-16(24)11-6-12-8-20-9-13(12)7-11/h3-5,10-13,20H,6-9H2,1-2H3,(H,22,24). The van der Waals surface area contributed by atoms with Crippen molar-refractivity contribution in [3.05, 3.63) is 35.4 Å². The molecule has 1 saturated carbocycles. The predicted molar refractivity (Wildman–Crippen MR) is 93.9 cm³/mol. The van der Waals surface area contributed by atoms with Crippen molar-refractivity contribution in [2.45, 2.75) is 32.2 Å². The Bertz CT molecular complexity index is 772. The summed E-state index contributed by atoms with van der Waals surface area (Å²) >= 11 is 6.23. The smallest absolute Gasteiger partial charge is 0.223 e. The summed E-state index contributed by atoms with van der Waals surface area (Å²) in [5.74, 6) is 2.39. The van der Waals surface area contributed by atoms with Crippen LogP contribution in [0.2, 0.25) is 5.02 Å². The summed E-state index contributed by atoms with van der Waals surface area (Å²) in [6.45, 7) is 6.11. The van der Waals surface area contributed by atoms with Gasteiger partial charge in [-0.3, -0.25) is 4.79 Å². The van der Waals surface area contributed by atoms with E-state index >= 15 is 0 Å². The zero-order chi connectivity index (χ0) is 16.9. The van der Waals surface area contributed by atoms with E-state index in [0.717, 1.165) is 37.3 Å². The van der Waals surface area contributed by atoms with E-state index in [0.29, 0.717) is 16.9 Å². The van der Waals surface area contributed by atoms with Crippen LogP contribution >= 0.6 is 11.6 Å². The van der Waals surface area contributed by atoms with E-state index in [1.165, 1.54) is 0 Å². The molecular formula is C18H23ClN4O. The minimum Gasteiger partial charge on any atom is -0.344 e. The fraction of sp³-hybridized carbons (Fsp3) is 0.556. The molecular weight excluding hydrogens is 324 g/mol. The normalized spacial score (nSPS) is 26.7. The van der Waals surface area contributed by atoms with Crippen molar-refractivity contribution in [2.24, 2.45) is 17.8 Å².